The Morgan fingerprint density at radius 1 is 1.00 bits per heavy atom. The van der Waals surface area contributed by atoms with E-state index in [1.165, 1.54) is 17.2 Å². The Morgan fingerprint density at radius 3 is 2.46 bits per heavy atom. The minimum Gasteiger partial charge on any atom is -1.00 e. The van der Waals surface area contributed by atoms with Gasteiger partial charge in [-0.3, -0.25) is 0 Å². The molecule has 0 bridgehead atoms. The summed E-state index contributed by atoms with van der Waals surface area (Å²) in [4.78, 5) is 4.58. The number of nitrogens with zero attached hydrogens (tertiary/aromatic N) is 2. The van der Waals surface area contributed by atoms with Crippen molar-refractivity contribution >= 4 is 11.1 Å². The first kappa shape index (κ1) is 18.3. The summed E-state index contributed by atoms with van der Waals surface area (Å²) in [6, 6.07) is 14.6. The van der Waals surface area contributed by atoms with Gasteiger partial charge < -0.3 is 21.4 Å². The van der Waals surface area contributed by atoms with Gasteiger partial charge in [-0.2, -0.15) is 0 Å². The van der Waals surface area contributed by atoms with Crippen molar-refractivity contribution < 1.29 is 30.4 Å². The molecule has 0 saturated carbocycles. The van der Waals surface area contributed by atoms with E-state index in [0.717, 1.165) is 22.2 Å². The number of aromatic nitrogens is 2. The zero-order chi connectivity index (χ0) is 17.4. The van der Waals surface area contributed by atoms with Crippen molar-refractivity contribution in [3.05, 3.63) is 83.4 Å². The van der Waals surface area contributed by atoms with Crippen molar-refractivity contribution in [3.8, 4) is 11.5 Å². The van der Waals surface area contributed by atoms with Gasteiger partial charge in [0.2, 0.25) is 5.89 Å². The predicted octanol–water partition coefficient (Wildman–Crippen LogP) is 1.59. The van der Waals surface area contributed by atoms with E-state index in [4.69, 9.17) is 4.42 Å². The molecule has 0 spiro atoms. The number of halogens is 2. The molecular formula is C21H18BrFN2O. The van der Waals surface area contributed by atoms with Crippen molar-refractivity contribution in [1.29, 1.82) is 0 Å². The highest BCUT2D eigenvalue weighted by Crippen LogP contribution is 2.25. The molecule has 132 valence electrons. The van der Waals surface area contributed by atoms with E-state index in [-0.39, 0.29) is 22.8 Å². The molecule has 2 heterocycles. The lowest BCUT2D eigenvalue weighted by Gasteiger charge is -1.99. The summed E-state index contributed by atoms with van der Waals surface area (Å²) in [5.74, 6) is 0.393. The third kappa shape index (κ3) is 3.68. The Morgan fingerprint density at radius 2 is 1.73 bits per heavy atom. The van der Waals surface area contributed by atoms with Gasteiger partial charge in [0.15, 0.2) is 24.5 Å². The fourth-order valence-electron chi connectivity index (χ4n) is 2.85. The maximum Gasteiger partial charge on any atom is 0.227 e. The van der Waals surface area contributed by atoms with Crippen LogP contribution in [0.2, 0.25) is 0 Å². The van der Waals surface area contributed by atoms with Crippen molar-refractivity contribution in [1.82, 2.24) is 4.98 Å². The topological polar surface area (TPSA) is 29.9 Å². The number of pyridine rings is 1. The average molecular weight is 413 g/mol. The molecule has 5 heteroatoms. The van der Waals surface area contributed by atoms with Crippen LogP contribution in [0.5, 0.6) is 0 Å². The van der Waals surface area contributed by atoms with E-state index < -0.39 is 0 Å². The molecular weight excluding hydrogens is 395 g/mol. The number of benzene rings is 2. The fourth-order valence-corrected chi connectivity index (χ4v) is 2.85. The van der Waals surface area contributed by atoms with E-state index in [1.54, 1.807) is 12.1 Å². The van der Waals surface area contributed by atoms with Crippen LogP contribution in [-0.2, 0) is 6.54 Å². The van der Waals surface area contributed by atoms with Crippen molar-refractivity contribution in [3.63, 3.8) is 0 Å². The Labute approximate surface area is 161 Å². The lowest BCUT2D eigenvalue weighted by molar-refractivity contribution is -0.688. The zero-order valence-corrected chi connectivity index (χ0v) is 16.1. The number of fused-ring (bicyclic) bond motifs is 1. The van der Waals surface area contributed by atoms with Crippen LogP contribution in [0.15, 0.2) is 65.3 Å². The molecule has 0 unspecified atom stereocenters. The van der Waals surface area contributed by atoms with Crippen LogP contribution in [-0.4, -0.2) is 4.98 Å². The van der Waals surface area contributed by atoms with E-state index in [9.17, 15) is 4.39 Å². The number of hydrogen-bond acceptors (Lipinski definition) is 2. The molecule has 4 rings (SSSR count). The summed E-state index contributed by atoms with van der Waals surface area (Å²) in [7, 11) is 0. The predicted molar refractivity (Wildman–Crippen MR) is 94.6 cm³/mol. The minimum absolute atomic E-state index is 0. The highest BCUT2D eigenvalue weighted by Gasteiger charge is 2.11. The second kappa shape index (κ2) is 7.38. The quantitative estimate of drug-likeness (QED) is 0.478. The normalized spacial score (nSPS) is 10.7. The van der Waals surface area contributed by atoms with E-state index in [0.29, 0.717) is 12.4 Å². The van der Waals surface area contributed by atoms with Gasteiger partial charge in [-0.05, 0) is 49.2 Å². The van der Waals surface area contributed by atoms with Crippen LogP contribution >= 0.6 is 0 Å². The lowest BCUT2D eigenvalue weighted by atomic mass is 10.1. The Bertz CT molecular complexity index is 1020. The third-order valence-corrected chi connectivity index (χ3v) is 4.40. The number of hydrogen-bond donors (Lipinski definition) is 0. The van der Waals surface area contributed by atoms with Gasteiger partial charge in [-0.25, -0.2) is 13.9 Å². The summed E-state index contributed by atoms with van der Waals surface area (Å²) < 4.78 is 21.2. The van der Waals surface area contributed by atoms with Gasteiger partial charge in [-0.1, -0.05) is 12.1 Å². The van der Waals surface area contributed by atoms with Crippen LogP contribution in [0.1, 0.15) is 16.7 Å². The third-order valence-electron chi connectivity index (χ3n) is 4.40. The van der Waals surface area contributed by atoms with Gasteiger partial charge in [0, 0.05) is 23.3 Å². The van der Waals surface area contributed by atoms with Crippen LogP contribution < -0.4 is 21.5 Å². The minimum atomic E-state index is -0.216. The number of aryl methyl sites for hydroxylation is 2. The van der Waals surface area contributed by atoms with Gasteiger partial charge in [-0.15, -0.1) is 0 Å². The van der Waals surface area contributed by atoms with E-state index in [1.807, 2.05) is 47.3 Å². The Balaban J connectivity index is 0.00000196. The van der Waals surface area contributed by atoms with Gasteiger partial charge in [0.05, 0.1) is 0 Å². The van der Waals surface area contributed by atoms with Crippen molar-refractivity contribution in [2.75, 3.05) is 0 Å². The SMILES string of the molecule is Cc1cc2nc(-c3cc[n+](Cc4cccc(F)c4)cc3)oc2cc1C.[Br-]. The Hall–Kier alpha value is -2.53. The van der Waals surface area contributed by atoms with Gasteiger partial charge >= 0.3 is 0 Å². The molecule has 3 nitrogen and oxygen atoms in total. The first-order chi connectivity index (χ1) is 12.1. The van der Waals surface area contributed by atoms with Crippen LogP contribution in [0.3, 0.4) is 0 Å². The highest BCUT2D eigenvalue weighted by molar-refractivity contribution is 5.77. The molecule has 0 aliphatic carbocycles. The van der Waals surface area contributed by atoms with Gasteiger partial charge in [0.1, 0.15) is 11.3 Å². The lowest BCUT2D eigenvalue weighted by Crippen LogP contribution is -3.00. The molecule has 2 aromatic carbocycles. The van der Waals surface area contributed by atoms with E-state index >= 15 is 0 Å². The zero-order valence-electron chi connectivity index (χ0n) is 14.5. The summed E-state index contributed by atoms with van der Waals surface area (Å²) in [6.07, 6.45) is 3.90. The molecule has 0 aliphatic heterocycles. The molecule has 0 N–H and O–H groups in total. The first-order valence-electron chi connectivity index (χ1n) is 8.20. The van der Waals surface area contributed by atoms with Crippen molar-refractivity contribution in [2.24, 2.45) is 0 Å². The molecule has 0 radical (unpaired) electrons. The van der Waals surface area contributed by atoms with Gasteiger partial charge in [0.25, 0.3) is 0 Å². The average Bonchev–Trinajstić information content (AvgIpc) is 2.99. The Kier molecular flexibility index (Phi) is 5.18. The largest absolute Gasteiger partial charge is 1.00 e. The second-order valence-electron chi connectivity index (χ2n) is 6.31. The summed E-state index contributed by atoms with van der Waals surface area (Å²) in [6.45, 7) is 4.75. The number of rotatable bonds is 3. The molecule has 0 amide bonds. The van der Waals surface area contributed by atoms with Crippen LogP contribution in [0.4, 0.5) is 4.39 Å². The second-order valence-corrected chi connectivity index (χ2v) is 6.31. The molecule has 26 heavy (non-hydrogen) atoms. The molecule has 4 aromatic rings. The molecule has 2 aromatic heterocycles. The maximum atomic E-state index is 13.3. The summed E-state index contributed by atoms with van der Waals surface area (Å²) in [5, 5.41) is 0. The van der Waals surface area contributed by atoms with Crippen LogP contribution in [0.25, 0.3) is 22.6 Å². The molecule has 0 aliphatic rings. The van der Waals surface area contributed by atoms with Crippen LogP contribution in [0, 0.1) is 19.7 Å². The standard InChI is InChI=1S/C21H18FN2O.BrH/c1-14-10-19-20(11-15(14)2)25-21(23-19)17-6-8-24(9-7-17)13-16-4-3-5-18(22)12-16;/h3-12H,13H2,1-2H3;1H/q+1;/p-1. The van der Waals surface area contributed by atoms with E-state index in [2.05, 4.69) is 18.8 Å². The van der Waals surface area contributed by atoms with Crippen molar-refractivity contribution in [2.45, 2.75) is 20.4 Å². The number of oxazole rings is 1. The summed E-state index contributed by atoms with van der Waals surface area (Å²) in [5.41, 5.74) is 5.90. The fraction of sp³-hybridized carbons (Fsp3) is 0.143. The first-order valence-corrected chi connectivity index (χ1v) is 8.20. The summed E-state index contributed by atoms with van der Waals surface area (Å²) >= 11 is 0. The molecule has 0 atom stereocenters. The molecule has 0 fully saturated rings. The molecule has 0 saturated heterocycles. The monoisotopic (exact) mass is 412 g/mol. The smallest absolute Gasteiger partial charge is 0.227 e. The highest BCUT2D eigenvalue weighted by atomic mass is 79.9. The maximum absolute atomic E-state index is 13.3.